The zero-order valence-electron chi connectivity index (χ0n) is 15.4. The maximum absolute atomic E-state index is 12.4. The molecule has 1 aromatic rings. The highest BCUT2D eigenvalue weighted by Gasteiger charge is 2.47. The Morgan fingerprint density at radius 1 is 1.21 bits per heavy atom. The largest absolute Gasteiger partial charge is 0.467 e. The molecule has 2 atom stereocenters. The van der Waals surface area contributed by atoms with Gasteiger partial charge in [-0.2, -0.15) is 0 Å². The van der Waals surface area contributed by atoms with Crippen LogP contribution in [0.5, 0.6) is 0 Å². The number of fused-ring (bicyclic) bond motifs is 1. The van der Waals surface area contributed by atoms with Crippen molar-refractivity contribution in [3.8, 4) is 0 Å². The number of carbonyl (C=O) groups is 4. The van der Waals surface area contributed by atoms with Gasteiger partial charge in [-0.25, -0.2) is 4.79 Å². The standard InChI is InChI=1S/C18H21N3O7/c1-10(22)18(19,17(26)28-2)14(23)8-7-11(20-27)9-21-15(24)12-5-3-4-6-13(12)16(21)25/h3-6,10,22,27H,7-9,19H2,1-2H3. The second kappa shape index (κ2) is 8.28. The first-order valence-corrected chi connectivity index (χ1v) is 8.42. The van der Waals surface area contributed by atoms with Crippen LogP contribution >= 0.6 is 0 Å². The van der Waals surface area contributed by atoms with Crippen LogP contribution in [-0.4, -0.2) is 69.8 Å². The van der Waals surface area contributed by atoms with Gasteiger partial charge in [0, 0.05) is 6.42 Å². The van der Waals surface area contributed by atoms with Crippen LogP contribution in [0.25, 0.3) is 0 Å². The smallest absolute Gasteiger partial charge is 0.336 e. The number of amides is 2. The van der Waals surface area contributed by atoms with Crippen LogP contribution in [0.1, 0.15) is 40.5 Å². The lowest BCUT2D eigenvalue weighted by Crippen LogP contribution is -2.62. The molecule has 10 heteroatoms. The van der Waals surface area contributed by atoms with E-state index < -0.39 is 35.2 Å². The summed E-state index contributed by atoms with van der Waals surface area (Å²) < 4.78 is 4.48. The Labute approximate surface area is 160 Å². The van der Waals surface area contributed by atoms with E-state index in [1.807, 2.05) is 0 Å². The molecule has 28 heavy (non-hydrogen) atoms. The molecule has 0 radical (unpaired) electrons. The average Bonchev–Trinajstić information content (AvgIpc) is 2.93. The van der Waals surface area contributed by atoms with E-state index in [1.165, 1.54) is 19.1 Å². The average molecular weight is 391 g/mol. The van der Waals surface area contributed by atoms with Crippen molar-refractivity contribution in [1.29, 1.82) is 0 Å². The molecule has 1 aromatic carbocycles. The van der Waals surface area contributed by atoms with Crippen molar-refractivity contribution in [3.05, 3.63) is 35.4 Å². The van der Waals surface area contributed by atoms with Gasteiger partial charge in [-0.05, 0) is 25.5 Å². The Morgan fingerprint density at radius 2 is 1.75 bits per heavy atom. The lowest BCUT2D eigenvalue weighted by Gasteiger charge is -2.27. The van der Waals surface area contributed by atoms with E-state index in [0.717, 1.165) is 12.0 Å². The summed E-state index contributed by atoms with van der Waals surface area (Å²) in [6.45, 7) is 0.843. The van der Waals surface area contributed by atoms with E-state index in [-0.39, 0.29) is 36.2 Å². The van der Waals surface area contributed by atoms with E-state index in [2.05, 4.69) is 9.89 Å². The molecule has 1 heterocycles. The molecule has 4 N–H and O–H groups in total. The van der Waals surface area contributed by atoms with Crippen LogP contribution in [0.15, 0.2) is 29.4 Å². The van der Waals surface area contributed by atoms with Crippen LogP contribution < -0.4 is 5.73 Å². The molecule has 0 fully saturated rings. The van der Waals surface area contributed by atoms with E-state index >= 15 is 0 Å². The number of hydrogen-bond donors (Lipinski definition) is 3. The monoisotopic (exact) mass is 391 g/mol. The minimum Gasteiger partial charge on any atom is -0.467 e. The first-order valence-electron chi connectivity index (χ1n) is 8.42. The van der Waals surface area contributed by atoms with Gasteiger partial charge in [0.15, 0.2) is 11.3 Å². The molecular formula is C18H21N3O7. The highest BCUT2D eigenvalue weighted by Crippen LogP contribution is 2.23. The van der Waals surface area contributed by atoms with Crippen LogP contribution in [0.2, 0.25) is 0 Å². The molecule has 2 unspecified atom stereocenters. The Balaban J connectivity index is 2.08. The summed E-state index contributed by atoms with van der Waals surface area (Å²) in [4.78, 5) is 49.8. The minimum atomic E-state index is -2.27. The maximum Gasteiger partial charge on any atom is 0.336 e. The third kappa shape index (κ3) is 3.64. The number of aliphatic hydroxyl groups excluding tert-OH is 1. The molecule has 10 nitrogen and oxygen atoms in total. The quantitative estimate of drug-likeness (QED) is 0.136. The van der Waals surface area contributed by atoms with Crippen LogP contribution in [0.4, 0.5) is 0 Å². The molecule has 0 bridgehead atoms. The summed E-state index contributed by atoms with van der Waals surface area (Å²) in [5.74, 6) is -3.02. The Bertz CT molecular complexity index is 814. The number of benzene rings is 1. The van der Waals surface area contributed by atoms with Crippen LogP contribution in [0.3, 0.4) is 0 Å². The Kier molecular flexibility index (Phi) is 6.26. The van der Waals surface area contributed by atoms with Crippen LogP contribution in [0, 0.1) is 0 Å². The number of aliphatic hydroxyl groups is 1. The van der Waals surface area contributed by atoms with Gasteiger partial charge >= 0.3 is 5.97 Å². The highest BCUT2D eigenvalue weighted by atomic mass is 16.5. The van der Waals surface area contributed by atoms with Gasteiger partial charge in [-0.15, -0.1) is 0 Å². The number of nitrogens with two attached hydrogens (primary N) is 1. The molecule has 1 aliphatic heterocycles. The van der Waals surface area contributed by atoms with Crippen molar-refractivity contribution in [2.75, 3.05) is 13.7 Å². The number of ketones is 1. The van der Waals surface area contributed by atoms with Gasteiger partial charge in [-0.3, -0.25) is 19.3 Å². The molecule has 2 amide bonds. The van der Waals surface area contributed by atoms with Gasteiger partial charge in [0.25, 0.3) is 11.8 Å². The molecule has 2 rings (SSSR count). The van der Waals surface area contributed by atoms with Crippen molar-refractivity contribution in [3.63, 3.8) is 0 Å². The number of imide groups is 1. The number of esters is 1. The van der Waals surface area contributed by atoms with Crippen molar-refractivity contribution in [1.82, 2.24) is 4.90 Å². The number of oxime groups is 1. The normalized spacial score (nSPS) is 17.1. The summed E-state index contributed by atoms with van der Waals surface area (Å²) >= 11 is 0. The molecule has 0 saturated carbocycles. The van der Waals surface area contributed by atoms with Crippen LogP contribution in [-0.2, 0) is 14.3 Å². The predicted molar refractivity (Wildman–Crippen MR) is 95.9 cm³/mol. The molecule has 150 valence electrons. The van der Waals surface area contributed by atoms with Crippen molar-refractivity contribution in [2.24, 2.45) is 10.9 Å². The fourth-order valence-corrected chi connectivity index (χ4v) is 2.88. The molecule has 0 spiro atoms. The third-order valence-corrected chi connectivity index (χ3v) is 4.64. The summed E-state index contributed by atoms with van der Waals surface area (Å²) in [7, 11) is 1.03. The fraction of sp³-hybridized carbons (Fsp3) is 0.389. The van der Waals surface area contributed by atoms with Gasteiger partial charge < -0.3 is 20.8 Å². The zero-order valence-corrected chi connectivity index (χ0v) is 15.4. The number of rotatable bonds is 8. The van der Waals surface area contributed by atoms with Gasteiger partial charge in [0.2, 0.25) is 0 Å². The first-order chi connectivity index (χ1) is 13.2. The Morgan fingerprint density at radius 3 is 2.18 bits per heavy atom. The van der Waals surface area contributed by atoms with E-state index in [0.29, 0.717) is 0 Å². The van der Waals surface area contributed by atoms with Gasteiger partial charge in [0.05, 0.1) is 36.6 Å². The number of hydrogen-bond acceptors (Lipinski definition) is 9. The van der Waals surface area contributed by atoms with Crippen molar-refractivity contribution >= 4 is 29.3 Å². The summed E-state index contributed by atoms with van der Waals surface area (Å²) in [6.07, 6.45) is -2.08. The zero-order chi connectivity index (χ0) is 21.1. The topological polar surface area (TPSA) is 160 Å². The Hall–Kier alpha value is -3.11. The summed E-state index contributed by atoms with van der Waals surface area (Å²) in [5.41, 5.74) is 3.90. The second-order valence-electron chi connectivity index (χ2n) is 6.37. The molecular weight excluding hydrogens is 370 g/mol. The lowest BCUT2D eigenvalue weighted by molar-refractivity contribution is -0.156. The van der Waals surface area contributed by atoms with E-state index in [4.69, 9.17) is 5.73 Å². The minimum absolute atomic E-state index is 0.0411. The van der Waals surface area contributed by atoms with Crippen molar-refractivity contribution < 1.29 is 34.2 Å². The predicted octanol–water partition coefficient (Wildman–Crippen LogP) is -0.287. The van der Waals surface area contributed by atoms with E-state index in [1.54, 1.807) is 12.1 Å². The molecule has 1 aliphatic rings. The molecule has 0 saturated heterocycles. The number of methoxy groups -OCH3 is 1. The number of ether oxygens (including phenoxy) is 1. The number of nitrogens with zero attached hydrogens (tertiary/aromatic N) is 2. The molecule has 0 aromatic heterocycles. The van der Waals surface area contributed by atoms with Gasteiger partial charge in [0.1, 0.15) is 0 Å². The molecule has 0 aliphatic carbocycles. The van der Waals surface area contributed by atoms with Crippen molar-refractivity contribution in [2.45, 2.75) is 31.4 Å². The summed E-state index contributed by atoms with van der Waals surface area (Å²) in [6, 6.07) is 6.26. The van der Waals surface area contributed by atoms with Gasteiger partial charge in [-0.1, -0.05) is 17.3 Å². The number of Topliss-reactive ketones (excluding diaryl/α,β-unsaturated/α-hetero) is 1. The lowest BCUT2D eigenvalue weighted by atomic mass is 9.86. The first kappa shape index (κ1) is 21.2. The maximum atomic E-state index is 12.4. The summed E-state index contributed by atoms with van der Waals surface area (Å²) in [5, 5.41) is 22.0. The van der Waals surface area contributed by atoms with E-state index in [9.17, 15) is 29.5 Å². The highest BCUT2D eigenvalue weighted by molar-refractivity contribution is 6.22. The number of carbonyl (C=O) groups excluding carboxylic acids is 4. The third-order valence-electron chi connectivity index (χ3n) is 4.64. The second-order valence-corrected chi connectivity index (χ2v) is 6.37. The SMILES string of the molecule is COC(=O)C(N)(C(=O)CCC(CN1C(=O)c2ccccc2C1=O)=NO)C(C)O. The fourth-order valence-electron chi connectivity index (χ4n) is 2.88.